The van der Waals surface area contributed by atoms with Gasteiger partial charge in [0.15, 0.2) is 10.7 Å². The molecule has 0 aromatic heterocycles. The van der Waals surface area contributed by atoms with Crippen LogP contribution in [-0.2, 0) is 14.8 Å². The zero-order chi connectivity index (χ0) is 12.8. The van der Waals surface area contributed by atoms with Crippen molar-refractivity contribution in [2.45, 2.75) is 0 Å². The number of nitrogens with two attached hydrogens (primary N) is 1. The van der Waals surface area contributed by atoms with E-state index in [2.05, 4.69) is 0 Å². The molecule has 0 atom stereocenters. The van der Waals surface area contributed by atoms with Gasteiger partial charge in [0.2, 0.25) is 0 Å². The molecule has 0 radical (unpaired) electrons. The maximum absolute atomic E-state index is 11.9. The largest absolute Gasteiger partial charge is 0.506 e. The molecule has 0 spiro atoms. The quantitative estimate of drug-likeness (QED) is 0.746. The lowest BCUT2D eigenvalue weighted by atomic mass is 10.1. The maximum Gasteiger partial charge on any atom is 0.273 e. The number of primary amides is 1. The number of para-hydroxylation sites is 1. The number of aliphatic hydroxyl groups excluding tert-OH is 1. The van der Waals surface area contributed by atoms with Crippen LogP contribution in [0.1, 0.15) is 5.56 Å². The molecule has 0 bridgehead atoms. The molecule has 0 unspecified atom stereocenters. The number of amides is 1. The van der Waals surface area contributed by atoms with Gasteiger partial charge >= 0.3 is 0 Å². The molecule has 2 rings (SSSR count). The Balaban J connectivity index is 2.88. The second-order valence-corrected chi connectivity index (χ2v) is 5.44. The van der Waals surface area contributed by atoms with E-state index in [0.717, 1.165) is 4.31 Å². The number of carbonyl (C=O) groups excluding carboxylic acids is 1. The van der Waals surface area contributed by atoms with Gasteiger partial charge in [-0.05, 0) is 12.1 Å². The SMILES string of the molecule is CN1c2ccccc2C(O)=C(C(N)=O)S1(=O)=O. The summed E-state index contributed by atoms with van der Waals surface area (Å²) >= 11 is 0. The molecule has 1 aliphatic rings. The van der Waals surface area contributed by atoms with Crippen LogP contribution in [0, 0.1) is 0 Å². The summed E-state index contributed by atoms with van der Waals surface area (Å²) in [5.74, 6) is -1.78. The summed E-state index contributed by atoms with van der Waals surface area (Å²) in [6, 6.07) is 6.30. The lowest BCUT2D eigenvalue weighted by molar-refractivity contribution is -0.113. The predicted octanol–water partition coefficient (Wildman–Crippen LogP) is 0.178. The maximum atomic E-state index is 11.9. The van der Waals surface area contributed by atoms with Gasteiger partial charge < -0.3 is 10.8 Å². The van der Waals surface area contributed by atoms with Crippen molar-refractivity contribution in [3.05, 3.63) is 34.7 Å². The summed E-state index contributed by atoms with van der Waals surface area (Å²) in [5.41, 5.74) is 5.55. The monoisotopic (exact) mass is 254 g/mol. The number of aliphatic hydroxyl groups is 1. The van der Waals surface area contributed by atoms with Crippen molar-refractivity contribution in [1.29, 1.82) is 0 Å². The molecule has 0 saturated carbocycles. The van der Waals surface area contributed by atoms with Crippen LogP contribution in [0.5, 0.6) is 0 Å². The Labute approximate surface area is 98.0 Å². The first-order chi connectivity index (χ1) is 7.87. The van der Waals surface area contributed by atoms with Crippen LogP contribution in [0.2, 0.25) is 0 Å². The van der Waals surface area contributed by atoms with Gasteiger partial charge in [0.1, 0.15) is 0 Å². The fourth-order valence-electron chi connectivity index (χ4n) is 1.70. The summed E-state index contributed by atoms with van der Waals surface area (Å²) in [6.07, 6.45) is 0. The van der Waals surface area contributed by atoms with Gasteiger partial charge in [-0.25, -0.2) is 8.42 Å². The van der Waals surface area contributed by atoms with Crippen molar-refractivity contribution < 1.29 is 18.3 Å². The fourth-order valence-corrected chi connectivity index (χ4v) is 3.00. The highest BCUT2D eigenvalue weighted by molar-refractivity contribution is 7.97. The molecule has 6 nitrogen and oxygen atoms in total. The Morgan fingerprint density at radius 1 is 1.35 bits per heavy atom. The molecular formula is C10H10N2O4S. The average molecular weight is 254 g/mol. The van der Waals surface area contributed by atoms with Crippen LogP contribution in [-0.4, -0.2) is 26.5 Å². The molecule has 1 amide bonds. The van der Waals surface area contributed by atoms with Crippen LogP contribution in [0.4, 0.5) is 5.69 Å². The smallest absolute Gasteiger partial charge is 0.273 e. The third-order valence-electron chi connectivity index (χ3n) is 2.56. The zero-order valence-electron chi connectivity index (χ0n) is 8.91. The van der Waals surface area contributed by atoms with Gasteiger partial charge in [-0.15, -0.1) is 0 Å². The van der Waals surface area contributed by atoms with Crippen LogP contribution in [0.25, 0.3) is 5.76 Å². The van der Waals surface area contributed by atoms with Crippen molar-refractivity contribution in [2.24, 2.45) is 5.73 Å². The Morgan fingerprint density at radius 3 is 2.53 bits per heavy atom. The summed E-state index contributed by atoms with van der Waals surface area (Å²) in [7, 11) is -2.78. The minimum absolute atomic E-state index is 0.263. The molecule has 7 heteroatoms. The summed E-state index contributed by atoms with van der Waals surface area (Å²) in [6.45, 7) is 0. The molecule has 90 valence electrons. The number of hydrogen-bond acceptors (Lipinski definition) is 4. The number of benzene rings is 1. The number of nitrogens with zero attached hydrogens (tertiary/aromatic N) is 1. The molecule has 3 N–H and O–H groups in total. The van der Waals surface area contributed by atoms with E-state index in [1.807, 2.05) is 0 Å². The van der Waals surface area contributed by atoms with Crippen LogP contribution < -0.4 is 10.0 Å². The summed E-state index contributed by atoms with van der Waals surface area (Å²) < 4.78 is 24.8. The van der Waals surface area contributed by atoms with E-state index >= 15 is 0 Å². The Morgan fingerprint density at radius 2 is 1.94 bits per heavy atom. The number of fused-ring (bicyclic) bond motifs is 1. The molecule has 1 aromatic rings. The molecular weight excluding hydrogens is 244 g/mol. The minimum atomic E-state index is -4.08. The second kappa shape index (κ2) is 3.49. The zero-order valence-corrected chi connectivity index (χ0v) is 9.73. The number of anilines is 1. The highest BCUT2D eigenvalue weighted by atomic mass is 32.2. The molecule has 0 aliphatic carbocycles. The van der Waals surface area contributed by atoms with Crippen LogP contribution in [0.3, 0.4) is 0 Å². The van der Waals surface area contributed by atoms with Crippen molar-refractivity contribution in [2.75, 3.05) is 11.4 Å². The molecule has 1 heterocycles. The molecule has 0 fully saturated rings. The van der Waals surface area contributed by atoms with E-state index < -0.39 is 26.6 Å². The van der Waals surface area contributed by atoms with E-state index in [-0.39, 0.29) is 5.56 Å². The normalized spacial score (nSPS) is 17.8. The first kappa shape index (κ1) is 11.5. The topological polar surface area (TPSA) is 101 Å². The second-order valence-electron chi connectivity index (χ2n) is 3.53. The summed E-state index contributed by atoms with van der Waals surface area (Å²) in [4.78, 5) is 10.4. The van der Waals surface area contributed by atoms with Crippen molar-refractivity contribution >= 4 is 27.4 Å². The van der Waals surface area contributed by atoms with E-state index in [9.17, 15) is 18.3 Å². The van der Waals surface area contributed by atoms with E-state index in [4.69, 9.17) is 5.73 Å². The van der Waals surface area contributed by atoms with Crippen molar-refractivity contribution in [3.63, 3.8) is 0 Å². The van der Waals surface area contributed by atoms with Gasteiger partial charge in [0.05, 0.1) is 5.69 Å². The molecule has 0 saturated heterocycles. The molecule has 1 aliphatic heterocycles. The minimum Gasteiger partial charge on any atom is -0.506 e. The standard InChI is InChI=1S/C10H10N2O4S/c1-12-7-5-3-2-4-6(7)8(13)9(10(11)14)17(12,15)16/h2-5,13H,1H3,(H2,11,14). The van der Waals surface area contributed by atoms with Crippen molar-refractivity contribution in [1.82, 2.24) is 0 Å². The number of carbonyl (C=O) groups is 1. The highest BCUT2D eigenvalue weighted by Crippen LogP contribution is 2.36. The van der Waals surface area contributed by atoms with Gasteiger partial charge in [-0.3, -0.25) is 9.10 Å². The van der Waals surface area contributed by atoms with E-state index in [0.29, 0.717) is 5.69 Å². The third kappa shape index (κ3) is 1.47. The van der Waals surface area contributed by atoms with Gasteiger partial charge in [-0.2, -0.15) is 0 Å². The predicted molar refractivity (Wildman–Crippen MR) is 62.5 cm³/mol. The first-order valence-corrected chi connectivity index (χ1v) is 6.12. The van der Waals surface area contributed by atoms with Gasteiger partial charge in [0.25, 0.3) is 15.9 Å². The number of rotatable bonds is 1. The Hall–Kier alpha value is -2.02. The Kier molecular flexibility index (Phi) is 2.35. The lowest BCUT2D eigenvalue weighted by Crippen LogP contribution is -2.37. The van der Waals surface area contributed by atoms with Crippen LogP contribution >= 0.6 is 0 Å². The molecule has 17 heavy (non-hydrogen) atoms. The summed E-state index contributed by atoms with van der Waals surface area (Å²) in [5, 5.41) is 9.82. The van der Waals surface area contributed by atoms with Gasteiger partial charge in [0, 0.05) is 12.6 Å². The highest BCUT2D eigenvalue weighted by Gasteiger charge is 2.38. The average Bonchev–Trinajstić information content (AvgIpc) is 2.25. The molecule has 1 aromatic carbocycles. The fraction of sp³-hybridized carbons (Fsp3) is 0.100. The van der Waals surface area contributed by atoms with Crippen LogP contribution in [0.15, 0.2) is 29.2 Å². The van der Waals surface area contributed by atoms with E-state index in [1.165, 1.54) is 19.2 Å². The van der Waals surface area contributed by atoms with E-state index in [1.54, 1.807) is 12.1 Å². The third-order valence-corrected chi connectivity index (χ3v) is 4.38. The Bertz CT molecular complexity index is 633. The van der Waals surface area contributed by atoms with Crippen molar-refractivity contribution in [3.8, 4) is 0 Å². The van der Waals surface area contributed by atoms with Gasteiger partial charge in [-0.1, -0.05) is 12.1 Å². The number of sulfonamides is 1. The lowest BCUT2D eigenvalue weighted by Gasteiger charge is -2.27. The first-order valence-electron chi connectivity index (χ1n) is 4.68. The number of hydrogen-bond donors (Lipinski definition) is 2.